The van der Waals surface area contributed by atoms with Gasteiger partial charge in [-0.25, -0.2) is 9.50 Å². The molecule has 1 fully saturated rings. The number of aromatic nitrogens is 4. The predicted octanol–water partition coefficient (Wildman–Crippen LogP) is 2.52. The lowest BCUT2D eigenvalue weighted by atomic mass is 10.1. The van der Waals surface area contributed by atoms with E-state index in [0.29, 0.717) is 16.7 Å². The number of carbonyl (C=O) groups is 1. The van der Waals surface area contributed by atoms with E-state index < -0.39 is 0 Å². The molecule has 146 valence electrons. The van der Waals surface area contributed by atoms with Gasteiger partial charge in [0.25, 0.3) is 11.7 Å². The molecule has 1 saturated heterocycles. The lowest BCUT2D eigenvalue weighted by Crippen LogP contribution is -2.45. The van der Waals surface area contributed by atoms with E-state index in [9.17, 15) is 4.79 Å². The third-order valence-electron chi connectivity index (χ3n) is 4.85. The van der Waals surface area contributed by atoms with Gasteiger partial charge in [-0.15, -0.1) is 5.10 Å². The van der Waals surface area contributed by atoms with Crippen LogP contribution in [0.4, 0.5) is 0 Å². The minimum absolute atomic E-state index is 0.0130. The standard InChI is InChI=1S/C20H24N6OS/c1-13-10-14(2)26-19(22-13)24-20(25-26)28-12-15-6-3-4-8-17(15)18(27)23-16-7-5-9-21-11-16/h3-4,6,8,10,16,21H,5,7,9,11-12H2,1-2H3,(H,23,27). The lowest BCUT2D eigenvalue weighted by molar-refractivity contribution is 0.0930. The number of aryl methyl sites for hydroxylation is 2. The quantitative estimate of drug-likeness (QED) is 0.645. The van der Waals surface area contributed by atoms with Gasteiger partial charge in [0.05, 0.1) is 0 Å². The molecule has 1 unspecified atom stereocenters. The van der Waals surface area contributed by atoms with Gasteiger partial charge in [0.1, 0.15) is 0 Å². The van der Waals surface area contributed by atoms with E-state index in [2.05, 4.69) is 25.7 Å². The third kappa shape index (κ3) is 4.18. The molecular weight excluding hydrogens is 372 g/mol. The number of nitrogens with zero attached hydrogens (tertiary/aromatic N) is 4. The van der Waals surface area contributed by atoms with Crippen molar-refractivity contribution in [1.82, 2.24) is 30.2 Å². The normalized spacial score (nSPS) is 17.0. The summed E-state index contributed by atoms with van der Waals surface area (Å²) in [5.41, 5.74) is 3.62. The topological polar surface area (TPSA) is 84.2 Å². The van der Waals surface area contributed by atoms with Crippen molar-refractivity contribution in [2.75, 3.05) is 13.1 Å². The minimum atomic E-state index is -0.0130. The van der Waals surface area contributed by atoms with E-state index in [0.717, 1.165) is 48.4 Å². The maximum atomic E-state index is 12.8. The van der Waals surface area contributed by atoms with Gasteiger partial charge in [-0.05, 0) is 50.9 Å². The summed E-state index contributed by atoms with van der Waals surface area (Å²) in [5, 5.41) is 11.7. The maximum absolute atomic E-state index is 12.8. The summed E-state index contributed by atoms with van der Waals surface area (Å²) in [6, 6.07) is 9.91. The number of amides is 1. The largest absolute Gasteiger partial charge is 0.348 e. The highest BCUT2D eigenvalue weighted by molar-refractivity contribution is 7.98. The highest BCUT2D eigenvalue weighted by atomic mass is 32.2. The zero-order valence-electron chi connectivity index (χ0n) is 16.1. The van der Waals surface area contributed by atoms with Gasteiger partial charge in [-0.1, -0.05) is 30.0 Å². The van der Waals surface area contributed by atoms with Crippen LogP contribution in [0.5, 0.6) is 0 Å². The summed E-state index contributed by atoms with van der Waals surface area (Å²) in [6.45, 7) is 5.80. The van der Waals surface area contributed by atoms with Gasteiger partial charge in [0, 0.05) is 35.3 Å². The van der Waals surface area contributed by atoms with Crippen LogP contribution in [0.2, 0.25) is 0 Å². The van der Waals surface area contributed by atoms with Crippen LogP contribution >= 0.6 is 11.8 Å². The van der Waals surface area contributed by atoms with Crippen molar-refractivity contribution in [1.29, 1.82) is 0 Å². The Morgan fingerprint density at radius 2 is 2.18 bits per heavy atom. The first-order valence-corrected chi connectivity index (χ1v) is 10.5. The molecule has 7 nitrogen and oxygen atoms in total. The van der Waals surface area contributed by atoms with Crippen LogP contribution in [0.25, 0.3) is 5.78 Å². The molecule has 1 aliphatic rings. The average Bonchev–Trinajstić information content (AvgIpc) is 3.10. The average molecular weight is 397 g/mol. The van der Waals surface area contributed by atoms with Gasteiger partial charge in [0.15, 0.2) is 0 Å². The third-order valence-corrected chi connectivity index (χ3v) is 5.74. The van der Waals surface area contributed by atoms with Crippen LogP contribution in [0, 0.1) is 13.8 Å². The van der Waals surface area contributed by atoms with Crippen molar-refractivity contribution in [2.45, 2.75) is 43.6 Å². The van der Waals surface area contributed by atoms with Gasteiger partial charge in [0.2, 0.25) is 5.16 Å². The van der Waals surface area contributed by atoms with Crippen molar-refractivity contribution in [3.63, 3.8) is 0 Å². The molecule has 2 N–H and O–H groups in total. The second-order valence-corrected chi connectivity index (χ2v) is 8.05. The van der Waals surface area contributed by atoms with Crippen molar-refractivity contribution >= 4 is 23.4 Å². The second-order valence-electron chi connectivity index (χ2n) is 7.11. The molecule has 8 heteroatoms. The van der Waals surface area contributed by atoms with Gasteiger partial charge >= 0.3 is 0 Å². The minimum Gasteiger partial charge on any atom is -0.348 e. The number of thioether (sulfide) groups is 1. The molecule has 3 heterocycles. The van der Waals surface area contributed by atoms with Crippen LogP contribution in [0.15, 0.2) is 35.5 Å². The predicted molar refractivity (Wildman–Crippen MR) is 110 cm³/mol. The fraction of sp³-hybridized carbons (Fsp3) is 0.400. The van der Waals surface area contributed by atoms with Crippen molar-refractivity contribution in [3.05, 3.63) is 52.8 Å². The Labute approximate surface area is 168 Å². The molecule has 0 aliphatic carbocycles. The van der Waals surface area contributed by atoms with Gasteiger partial charge in [-0.3, -0.25) is 4.79 Å². The highest BCUT2D eigenvalue weighted by Gasteiger charge is 2.18. The Morgan fingerprint density at radius 3 is 3.00 bits per heavy atom. The fourth-order valence-corrected chi connectivity index (χ4v) is 4.28. The molecule has 0 spiro atoms. The van der Waals surface area contributed by atoms with Crippen molar-refractivity contribution in [3.8, 4) is 0 Å². The molecule has 28 heavy (non-hydrogen) atoms. The summed E-state index contributed by atoms with van der Waals surface area (Å²) in [5.74, 6) is 1.22. The first kappa shape index (κ1) is 18.9. The summed E-state index contributed by atoms with van der Waals surface area (Å²) >= 11 is 1.52. The molecule has 4 rings (SSSR count). The smallest absolute Gasteiger partial charge is 0.253 e. The molecule has 0 radical (unpaired) electrons. The Kier molecular flexibility index (Phi) is 5.59. The number of nitrogens with one attached hydrogen (secondary N) is 2. The van der Waals surface area contributed by atoms with Crippen LogP contribution in [0.3, 0.4) is 0 Å². The number of hydrogen-bond donors (Lipinski definition) is 2. The Hall–Kier alpha value is -2.45. The van der Waals surface area contributed by atoms with Crippen LogP contribution in [-0.4, -0.2) is 44.6 Å². The first-order valence-electron chi connectivity index (χ1n) is 9.53. The molecule has 1 amide bonds. The molecular formula is C20H24N6OS. The maximum Gasteiger partial charge on any atom is 0.253 e. The number of fused-ring (bicyclic) bond motifs is 1. The zero-order chi connectivity index (χ0) is 19.5. The molecule has 2 aromatic heterocycles. The number of benzene rings is 1. The number of piperidine rings is 1. The molecule has 0 saturated carbocycles. The van der Waals surface area contributed by atoms with Gasteiger partial charge < -0.3 is 10.6 Å². The monoisotopic (exact) mass is 396 g/mol. The van der Waals surface area contributed by atoms with E-state index >= 15 is 0 Å². The second kappa shape index (κ2) is 8.28. The van der Waals surface area contributed by atoms with Crippen LogP contribution in [-0.2, 0) is 5.75 Å². The van der Waals surface area contributed by atoms with E-state index in [1.807, 2.05) is 44.2 Å². The van der Waals surface area contributed by atoms with Crippen LogP contribution < -0.4 is 10.6 Å². The molecule has 1 aliphatic heterocycles. The van der Waals surface area contributed by atoms with Crippen LogP contribution in [0.1, 0.15) is 40.2 Å². The number of rotatable bonds is 5. The molecule has 1 atom stereocenters. The fourth-order valence-electron chi connectivity index (χ4n) is 3.46. The number of carbonyl (C=O) groups excluding carboxylic acids is 1. The Bertz CT molecular complexity index is 996. The summed E-state index contributed by atoms with van der Waals surface area (Å²) in [6.07, 6.45) is 2.11. The number of hydrogen-bond acceptors (Lipinski definition) is 6. The SMILES string of the molecule is Cc1cc(C)n2nc(SCc3ccccc3C(=O)NC3CCCNC3)nc2n1. The zero-order valence-corrected chi connectivity index (χ0v) is 16.9. The Balaban J connectivity index is 1.48. The summed E-state index contributed by atoms with van der Waals surface area (Å²) < 4.78 is 1.75. The van der Waals surface area contributed by atoms with E-state index in [1.165, 1.54) is 11.8 Å². The van der Waals surface area contributed by atoms with Gasteiger partial charge in [-0.2, -0.15) is 4.98 Å². The molecule has 1 aromatic carbocycles. The highest BCUT2D eigenvalue weighted by Crippen LogP contribution is 2.23. The molecule has 3 aromatic rings. The van der Waals surface area contributed by atoms with E-state index in [-0.39, 0.29) is 11.9 Å². The molecule has 0 bridgehead atoms. The summed E-state index contributed by atoms with van der Waals surface area (Å²) in [7, 11) is 0. The first-order chi connectivity index (χ1) is 13.6. The van der Waals surface area contributed by atoms with E-state index in [4.69, 9.17) is 0 Å². The van der Waals surface area contributed by atoms with E-state index in [1.54, 1.807) is 4.52 Å². The lowest BCUT2D eigenvalue weighted by Gasteiger charge is -2.24. The summed E-state index contributed by atoms with van der Waals surface area (Å²) in [4.78, 5) is 21.7. The van der Waals surface area contributed by atoms with Crippen molar-refractivity contribution in [2.24, 2.45) is 0 Å². The Morgan fingerprint density at radius 1 is 1.32 bits per heavy atom. The van der Waals surface area contributed by atoms with Crippen molar-refractivity contribution < 1.29 is 4.79 Å².